The fraction of sp³-hybridized carbons (Fsp3) is 0.400. The molecule has 1 aromatic heterocycles. The first-order valence-corrected chi connectivity index (χ1v) is 9.26. The number of amides is 2. The maximum Gasteiger partial charge on any atom is 0.339 e. The summed E-state index contributed by atoms with van der Waals surface area (Å²) in [6.07, 6.45) is 1.30. The van der Waals surface area contributed by atoms with E-state index in [-0.39, 0.29) is 5.63 Å². The Morgan fingerprint density at radius 1 is 1.17 bits per heavy atom. The zero-order valence-corrected chi connectivity index (χ0v) is 16.1. The number of hydrogen-bond donors (Lipinski definition) is 2. The van der Waals surface area contributed by atoms with Gasteiger partial charge in [-0.3, -0.25) is 9.59 Å². The summed E-state index contributed by atoms with van der Waals surface area (Å²) in [6, 6.07) is 3.53. The monoisotopic (exact) mass is 401 g/mol. The molecule has 0 saturated heterocycles. The average Bonchev–Trinajstić information content (AvgIpc) is 3.14. The molecule has 0 unspecified atom stereocenters. The molecule has 0 aliphatic heterocycles. The van der Waals surface area contributed by atoms with Crippen LogP contribution in [-0.2, 0) is 27.2 Å². The van der Waals surface area contributed by atoms with Gasteiger partial charge in [-0.25, -0.2) is 4.79 Å². The lowest BCUT2D eigenvalue weighted by molar-refractivity contribution is -0.304. The normalized spacial score (nSPS) is 13.6. The standard InChI is InChI=1S/C20H22N2O7/c1-10-6-14(18-12-4-3-5-13(12)20(27)29-15(18)7-10)28-11(2)19(26)22-8-16(23)21-9-17(24)25/h6-7,11H,3-5,8-9H2,1-2H3,(H,21,23)(H,22,26)(H,24,25)/p-1/t11-/m1/s1. The van der Waals surface area contributed by atoms with Crippen LogP contribution in [0.25, 0.3) is 11.0 Å². The van der Waals surface area contributed by atoms with Crippen molar-refractivity contribution in [3.05, 3.63) is 39.2 Å². The molecule has 9 heteroatoms. The number of aliphatic carboxylic acids is 1. The Hall–Kier alpha value is -3.36. The third-order valence-corrected chi connectivity index (χ3v) is 4.71. The third kappa shape index (κ3) is 4.56. The molecule has 1 aromatic carbocycles. The topological polar surface area (TPSA) is 138 Å². The van der Waals surface area contributed by atoms with E-state index in [9.17, 15) is 24.3 Å². The molecule has 1 atom stereocenters. The van der Waals surface area contributed by atoms with E-state index < -0.39 is 37.0 Å². The van der Waals surface area contributed by atoms with Crippen molar-refractivity contribution in [2.75, 3.05) is 13.1 Å². The summed E-state index contributed by atoms with van der Waals surface area (Å²) >= 11 is 0. The molecule has 0 radical (unpaired) electrons. The Balaban J connectivity index is 1.76. The molecule has 2 amide bonds. The van der Waals surface area contributed by atoms with E-state index in [2.05, 4.69) is 10.6 Å². The van der Waals surface area contributed by atoms with E-state index in [1.54, 1.807) is 12.1 Å². The lowest BCUT2D eigenvalue weighted by atomic mass is 10.0. The van der Waals surface area contributed by atoms with Crippen LogP contribution in [0, 0.1) is 6.92 Å². The van der Waals surface area contributed by atoms with Crippen LogP contribution in [0.15, 0.2) is 21.3 Å². The first-order valence-electron chi connectivity index (χ1n) is 9.26. The van der Waals surface area contributed by atoms with Crippen molar-refractivity contribution in [2.45, 2.75) is 39.2 Å². The van der Waals surface area contributed by atoms with E-state index >= 15 is 0 Å². The largest absolute Gasteiger partial charge is 0.548 e. The number of benzene rings is 1. The summed E-state index contributed by atoms with van der Waals surface area (Å²) in [5.41, 5.74) is 2.42. The second kappa shape index (κ2) is 8.34. The van der Waals surface area contributed by atoms with Crippen LogP contribution in [0.3, 0.4) is 0 Å². The Labute approximate surface area is 166 Å². The summed E-state index contributed by atoms with van der Waals surface area (Å²) in [6.45, 7) is 2.33. The molecule has 29 heavy (non-hydrogen) atoms. The number of aryl methyl sites for hydroxylation is 2. The number of carbonyl (C=O) groups excluding carboxylic acids is 3. The number of carbonyl (C=O) groups is 3. The molecule has 2 aromatic rings. The maximum atomic E-state index is 12.3. The van der Waals surface area contributed by atoms with Crippen molar-refractivity contribution in [3.8, 4) is 5.75 Å². The summed E-state index contributed by atoms with van der Waals surface area (Å²) in [5.74, 6) is -2.19. The van der Waals surface area contributed by atoms with Crippen LogP contribution >= 0.6 is 0 Å². The van der Waals surface area contributed by atoms with Crippen molar-refractivity contribution >= 4 is 28.8 Å². The number of ether oxygens (including phenoxy) is 1. The molecule has 0 fully saturated rings. The Morgan fingerprint density at radius 3 is 2.62 bits per heavy atom. The second-order valence-corrected chi connectivity index (χ2v) is 6.96. The smallest absolute Gasteiger partial charge is 0.339 e. The van der Waals surface area contributed by atoms with Gasteiger partial charge in [0.15, 0.2) is 6.10 Å². The number of fused-ring (bicyclic) bond motifs is 3. The van der Waals surface area contributed by atoms with Gasteiger partial charge in [-0.1, -0.05) is 0 Å². The van der Waals surface area contributed by atoms with E-state index in [0.29, 0.717) is 28.7 Å². The highest BCUT2D eigenvalue weighted by molar-refractivity contribution is 5.91. The molecular weight excluding hydrogens is 380 g/mol. The van der Waals surface area contributed by atoms with Gasteiger partial charge in [-0.05, 0) is 56.4 Å². The first kappa shape index (κ1) is 20.4. The van der Waals surface area contributed by atoms with E-state index in [1.807, 2.05) is 6.92 Å². The highest BCUT2D eigenvalue weighted by atomic mass is 16.5. The number of carboxylic acids is 1. The third-order valence-electron chi connectivity index (χ3n) is 4.71. The van der Waals surface area contributed by atoms with Crippen molar-refractivity contribution in [1.82, 2.24) is 10.6 Å². The quantitative estimate of drug-likeness (QED) is 0.588. The van der Waals surface area contributed by atoms with E-state index in [4.69, 9.17) is 9.15 Å². The highest BCUT2D eigenvalue weighted by Gasteiger charge is 2.24. The van der Waals surface area contributed by atoms with Gasteiger partial charge in [0.1, 0.15) is 11.3 Å². The molecular formula is C20H21N2O7-. The molecule has 154 valence electrons. The summed E-state index contributed by atoms with van der Waals surface area (Å²) in [7, 11) is 0. The minimum Gasteiger partial charge on any atom is -0.548 e. The molecule has 3 rings (SSSR count). The van der Waals surface area contributed by atoms with Gasteiger partial charge in [-0.2, -0.15) is 0 Å². The van der Waals surface area contributed by atoms with Gasteiger partial charge in [-0.15, -0.1) is 0 Å². The van der Waals surface area contributed by atoms with Gasteiger partial charge in [0, 0.05) is 5.56 Å². The minimum absolute atomic E-state index is 0.338. The van der Waals surface area contributed by atoms with Crippen molar-refractivity contribution in [1.29, 1.82) is 0 Å². The molecule has 1 aliphatic rings. The number of carboxylic acid groups (broad SMARTS) is 1. The lowest BCUT2D eigenvalue weighted by Gasteiger charge is -2.18. The van der Waals surface area contributed by atoms with Gasteiger partial charge >= 0.3 is 5.63 Å². The van der Waals surface area contributed by atoms with Gasteiger partial charge in [0.05, 0.1) is 24.4 Å². The zero-order valence-electron chi connectivity index (χ0n) is 16.1. The second-order valence-electron chi connectivity index (χ2n) is 6.96. The molecule has 1 aliphatic carbocycles. The number of hydrogen-bond acceptors (Lipinski definition) is 7. The lowest BCUT2D eigenvalue weighted by Crippen LogP contribution is -2.45. The Morgan fingerprint density at radius 2 is 1.90 bits per heavy atom. The minimum atomic E-state index is -1.42. The van der Waals surface area contributed by atoms with Gasteiger partial charge in [0.2, 0.25) is 5.91 Å². The van der Waals surface area contributed by atoms with Crippen LogP contribution in [0.4, 0.5) is 0 Å². The van der Waals surface area contributed by atoms with Crippen LogP contribution in [0.2, 0.25) is 0 Å². The molecule has 0 bridgehead atoms. The summed E-state index contributed by atoms with van der Waals surface area (Å²) in [5, 5.41) is 15.5. The number of nitrogens with one attached hydrogen (secondary N) is 2. The zero-order chi connectivity index (χ0) is 21.1. The van der Waals surface area contributed by atoms with Gasteiger partial charge < -0.3 is 29.7 Å². The van der Waals surface area contributed by atoms with Crippen molar-refractivity contribution in [2.24, 2.45) is 0 Å². The maximum absolute atomic E-state index is 12.3. The molecule has 9 nitrogen and oxygen atoms in total. The van der Waals surface area contributed by atoms with Crippen molar-refractivity contribution in [3.63, 3.8) is 0 Å². The SMILES string of the molecule is Cc1cc(O[C@H](C)C(=O)NCC(=O)NCC(=O)[O-])c2c3c(c(=O)oc2c1)CCC3. The number of rotatable bonds is 7. The molecule has 1 heterocycles. The highest BCUT2D eigenvalue weighted by Crippen LogP contribution is 2.35. The van der Waals surface area contributed by atoms with E-state index in [1.165, 1.54) is 6.92 Å². The Bertz CT molecular complexity index is 1040. The van der Waals surface area contributed by atoms with Crippen LogP contribution in [0.5, 0.6) is 5.75 Å². The van der Waals surface area contributed by atoms with Crippen LogP contribution < -0.4 is 26.1 Å². The Kier molecular flexibility index (Phi) is 5.86. The fourth-order valence-corrected chi connectivity index (χ4v) is 3.39. The van der Waals surface area contributed by atoms with E-state index in [0.717, 1.165) is 24.0 Å². The van der Waals surface area contributed by atoms with Crippen molar-refractivity contribution < 1.29 is 28.6 Å². The summed E-state index contributed by atoms with van der Waals surface area (Å²) in [4.78, 5) is 46.3. The average molecular weight is 401 g/mol. The van der Waals surface area contributed by atoms with Gasteiger partial charge in [0.25, 0.3) is 5.91 Å². The van der Waals surface area contributed by atoms with Crippen LogP contribution in [-0.4, -0.2) is 37.0 Å². The fourth-order valence-electron chi connectivity index (χ4n) is 3.39. The summed E-state index contributed by atoms with van der Waals surface area (Å²) < 4.78 is 11.3. The molecule has 2 N–H and O–H groups in total. The molecule has 0 spiro atoms. The predicted octanol–water partition coefficient (Wildman–Crippen LogP) is -0.660. The predicted molar refractivity (Wildman–Crippen MR) is 100 cm³/mol. The first-order chi connectivity index (χ1) is 13.8. The molecule has 0 saturated carbocycles. The van der Waals surface area contributed by atoms with Crippen LogP contribution in [0.1, 0.15) is 30.0 Å².